The van der Waals surface area contributed by atoms with E-state index in [9.17, 15) is 4.79 Å². The van der Waals surface area contributed by atoms with Crippen LogP contribution >= 0.6 is 11.6 Å². The van der Waals surface area contributed by atoms with E-state index in [0.717, 1.165) is 35.5 Å². The van der Waals surface area contributed by atoms with Crippen molar-refractivity contribution in [3.63, 3.8) is 0 Å². The number of carbonyl (C=O) groups is 1. The molecular weight excluding hydrogens is 386 g/mol. The third-order valence-corrected chi connectivity index (χ3v) is 5.81. The zero-order valence-electron chi connectivity index (χ0n) is 15.9. The number of fused-ring (bicyclic) bond motifs is 5. The Morgan fingerprint density at radius 3 is 2.93 bits per heavy atom. The van der Waals surface area contributed by atoms with Crippen molar-refractivity contribution in [3.05, 3.63) is 76.3 Å². The molecule has 2 aliphatic heterocycles. The lowest BCUT2D eigenvalue weighted by atomic mass is 10.1. The fourth-order valence-corrected chi connectivity index (χ4v) is 4.41. The van der Waals surface area contributed by atoms with Crippen LogP contribution in [0, 0.1) is 11.8 Å². The number of imidazole rings is 1. The maximum atomic E-state index is 13.2. The SMILES string of the molecule is COc1cccc(C#Cc2ncn3c2[C@@H]2CCCN2C(=O)c2c(Cl)cccc2-3)c1. The lowest BCUT2D eigenvalue weighted by molar-refractivity contribution is 0.0738. The first-order valence-corrected chi connectivity index (χ1v) is 9.88. The monoisotopic (exact) mass is 403 g/mol. The summed E-state index contributed by atoms with van der Waals surface area (Å²) in [5.74, 6) is 7.13. The van der Waals surface area contributed by atoms with Gasteiger partial charge in [0.15, 0.2) is 0 Å². The van der Waals surface area contributed by atoms with Gasteiger partial charge in [0, 0.05) is 12.1 Å². The van der Waals surface area contributed by atoms with Gasteiger partial charge in [-0.3, -0.25) is 9.36 Å². The van der Waals surface area contributed by atoms with Crippen molar-refractivity contribution in [3.8, 4) is 23.3 Å². The molecular formula is C23H18ClN3O2. The number of hydrogen-bond acceptors (Lipinski definition) is 3. The van der Waals surface area contributed by atoms with Gasteiger partial charge in [-0.25, -0.2) is 4.98 Å². The Morgan fingerprint density at radius 2 is 2.07 bits per heavy atom. The van der Waals surface area contributed by atoms with Crippen molar-refractivity contribution in [2.45, 2.75) is 18.9 Å². The summed E-state index contributed by atoms with van der Waals surface area (Å²) in [6.45, 7) is 0.710. The molecule has 5 rings (SSSR count). The summed E-state index contributed by atoms with van der Waals surface area (Å²) in [7, 11) is 1.63. The summed E-state index contributed by atoms with van der Waals surface area (Å²) < 4.78 is 7.25. The molecule has 1 aromatic heterocycles. The Bertz CT molecular complexity index is 1190. The molecule has 2 aliphatic rings. The highest BCUT2D eigenvalue weighted by Crippen LogP contribution is 2.41. The number of nitrogens with zero attached hydrogens (tertiary/aromatic N) is 3. The third kappa shape index (κ3) is 2.88. The Kier molecular flexibility index (Phi) is 4.30. The van der Waals surface area contributed by atoms with Gasteiger partial charge in [-0.2, -0.15) is 0 Å². The molecule has 0 N–H and O–H groups in total. The summed E-state index contributed by atoms with van der Waals surface area (Å²) in [5, 5.41) is 0.462. The van der Waals surface area contributed by atoms with Crippen LogP contribution in [0.15, 0.2) is 48.8 Å². The van der Waals surface area contributed by atoms with E-state index >= 15 is 0 Å². The van der Waals surface area contributed by atoms with Gasteiger partial charge in [0.1, 0.15) is 17.8 Å². The van der Waals surface area contributed by atoms with Gasteiger partial charge in [-0.1, -0.05) is 29.7 Å². The Balaban J connectivity index is 1.67. The minimum Gasteiger partial charge on any atom is -0.497 e. The van der Waals surface area contributed by atoms with Gasteiger partial charge < -0.3 is 9.64 Å². The van der Waals surface area contributed by atoms with Gasteiger partial charge in [0.2, 0.25) is 0 Å². The molecule has 3 heterocycles. The Hall–Kier alpha value is -3.23. The quantitative estimate of drug-likeness (QED) is 0.571. The maximum absolute atomic E-state index is 13.2. The molecule has 1 saturated heterocycles. The number of benzene rings is 2. The third-order valence-electron chi connectivity index (χ3n) is 5.49. The predicted octanol–water partition coefficient (Wildman–Crippen LogP) is 4.22. The first-order chi connectivity index (χ1) is 14.2. The van der Waals surface area contributed by atoms with E-state index < -0.39 is 0 Å². The molecule has 1 fully saturated rings. The van der Waals surface area contributed by atoms with Gasteiger partial charge in [-0.05, 0) is 49.1 Å². The molecule has 0 aliphatic carbocycles. The largest absolute Gasteiger partial charge is 0.497 e. The van der Waals surface area contributed by atoms with E-state index in [-0.39, 0.29) is 11.9 Å². The average molecular weight is 404 g/mol. The van der Waals surface area contributed by atoms with E-state index in [2.05, 4.69) is 16.8 Å². The van der Waals surface area contributed by atoms with Gasteiger partial charge in [-0.15, -0.1) is 0 Å². The van der Waals surface area contributed by atoms with Gasteiger partial charge >= 0.3 is 0 Å². The van der Waals surface area contributed by atoms with Crippen molar-refractivity contribution in [2.75, 3.05) is 13.7 Å². The maximum Gasteiger partial charge on any atom is 0.258 e. The highest BCUT2D eigenvalue weighted by Gasteiger charge is 2.39. The zero-order chi connectivity index (χ0) is 20.0. The lowest BCUT2D eigenvalue weighted by Crippen LogP contribution is -2.30. The number of carbonyl (C=O) groups excluding carboxylic acids is 1. The molecule has 144 valence electrons. The van der Waals surface area contributed by atoms with Crippen LogP contribution in [0.2, 0.25) is 5.02 Å². The summed E-state index contributed by atoms with van der Waals surface area (Å²) in [6.07, 6.45) is 3.58. The molecule has 0 spiro atoms. The van der Waals surface area contributed by atoms with Crippen molar-refractivity contribution in [1.29, 1.82) is 0 Å². The number of hydrogen-bond donors (Lipinski definition) is 0. The average Bonchev–Trinajstić information content (AvgIpc) is 3.36. The highest BCUT2D eigenvalue weighted by molar-refractivity contribution is 6.34. The van der Waals surface area contributed by atoms with Gasteiger partial charge in [0.05, 0.1) is 35.1 Å². The lowest BCUT2D eigenvalue weighted by Gasteiger charge is -2.22. The molecule has 29 heavy (non-hydrogen) atoms. The summed E-state index contributed by atoms with van der Waals surface area (Å²) in [5.41, 5.74) is 3.78. The van der Waals surface area contributed by atoms with Crippen LogP contribution in [-0.4, -0.2) is 34.0 Å². The van der Waals surface area contributed by atoms with E-state index in [0.29, 0.717) is 22.8 Å². The standard InChI is InChI=1S/C23H18ClN3O2/c1-29-16-6-2-5-15(13-16)10-11-18-22-20-9-4-12-26(20)23(28)21-17(24)7-3-8-19(21)27(22)14-25-18/h2-3,5-8,13-14,20H,4,9,12H2,1H3/t20-/m0/s1. The molecule has 3 aromatic rings. The van der Waals surface area contributed by atoms with E-state index in [1.54, 1.807) is 19.5 Å². The molecule has 0 unspecified atom stereocenters. The van der Waals surface area contributed by atoms with Crippen LogP contribution in [0.5, 0.6) is 5.75 Å². The van der Waals surface area contributed by atoms with Crippen LogP contribution in [0.1, 0.15) is 46.2 Å². The van der Waals surface area contributed by atoms with Crippen LogP contribution < -0.4 is 4.74 Å². The van der Waals surface area contributed by atoms with Crippen molar-refractivity contribution in [2.24, 2.45) is 0 Å². The van der Waals surface area contributed by atoms with Gasteiger partial charge in [0.25, 0.3) is 5.91 Å². The number of amides is 1. The molecule has 0 saturated carbocycles. The second kappa shape index (κ2) is 6.98. The van der Waals surface area contributed by atoms with Crippen LogP contribution in [-0.2, 0) is 0 Å². The topological polar surface area (TPSA) is 47.4 Å². The smallest absolute Gasteiger partial charge is 0.258 e. The van der Waals surface area contributed by atoms with E-state index in [4.69, 9.17) is 16.3 Å². The molecule has 1 amide bonds. The number of aromatic nitrogens is 2. The molecule has 6 heteroatoms. The normalized spacial score (nSPS) is 17.0. The van der Waals surface area contributed by atoms with E-state index in [1.807, 2.05) is 45.9 Å². The zero-order valence-corrected chi connectivity index (χ0v) is 16.6. The predicted molar refractivity (Wildman–Crippen MR) is 111 cm³/mol. The molecule has 0 bridgehead atoms. The Labute approximate surface area is 173 Å². The first kappa shape index (κ1) is 17.8. The first-order valence-electron chi connectivity index (χ1n) is 9.50. The molecule has 0 radical (unpaired) electrons. The number of methoxy groups -OCH3 is 1. The summed E-state index contributed by atoms with van der Waals surface area (Å²) in [6, 6.07) is 13.1. The fourth-order valence-electron chi connectivity index (χ4n) is 4.16. The van der Waals surface area contributed by atoms with Crippen LogP contribution in [0.3, 0.4) is 0 Å². The van der Waals surface area contributed by atoms with Crippen LogP contribution in [0.25, 0.3) is 5.69 Å². The van der Waals surface area contributed by atoms with E-state index in [1.165, 1.54) is 0 Å². The van der Waals surface area contributed by atoms with Crippen molar-refractivity contribution in [1.82, 2.24) is 14.5 Å². The molecule has 2 aromatic carbocycles. The molecule has 5 nitrogen and oxygen atoms in total. The van der Waals surface area contributed by atoms with Crippen molar-refractivity contribution < 1.29 is 9.53 Å². The summed E-state index contributed by atoms with van der Waals surface area (Å²) in [4.78, 5) is 19.7. The fraction of sp³-hybridized carbons (Fsp3) is 0.217. The second-order valence-electron chi connectivity index (χ2n) is 7.12. The molecule has 1 atom stereocenters. The number of halogens is 1. The number of ether oxygens (including phenoxy) is 1. The Morgan fingerprint density at radius 1 is 1.21 bits per heavy atom. The number of rotatable bonds is 1. The second-order valence-corrected chi connectivity index (χ2v) is 7.53. The minimum atomic E-state index is -0.0527. The minimum absolute atomic E-state index is 0.0245. The highest BCUT2D eigenvalue weighted by atomic mass is 35.5. The van der Waals surface area contributed by atoms with Crippen molar-refractivity contribution >= 4 is 17.5 Å². The summed E-state index contributed by atoms with van der Waals surface area (Å²) >= 11 is 6.42. The van der Waals surface area contributed by atoms with Crippen LogP contribution in [0.4, 0.5) is 0 Å².